The van der Waals surface area contributed by atoms with Crippen LogP contribution in [-0.4, -0.2) is 0 Å². The lowest BCUT2D eigenvalue weighted by Gasteiger charge is -2.18. The quantitative estimate of drug-likeness (QED) is 0.579. The molecule has 0 saturated heterocycles. The molecule has 0 spiro atoms. The Morgan fingerprint density at radius 3 is 2.18 bits per heavy atom. The van der Waals surface area contributed by atoms with E-state index in [0.717, 1.165) is 0 Å². The third-order valence-corrected chi connectivity index (χ3v) is 3.06. The zero-order valence-corrected chi connectivity index (χ0v) is 11.8. The maximum atomic E-state index is 2.29. The summed E-state index contributed by atoms with van der Waals surface area (Å²) in [6, 6.07) is 8.92. The van der Waals surface area contributed by atoms with Gasteiger partial charge in [0.1, 0.15) is 0 Å². The minimum absolute atomic E-state index is 0.253. The molecule has 0 nitrogen and oxygen atoms in total. The Morgan fingerprint density at radius 1 is 1.00 bits per heavy atom. The van der Waals surface area contributed by atoms with Crippen molar-refractivity contribution >= 4 is 6.08 Å². The second kappa shape index (κ2) is 6.64. The molecule has 0 N–H and O–H groups in total. The zero-order valence-electron chi connectivity index (χ0n) is 11.8. The molecule has 1 aromatic carbocycles. The summed E-state index contributed by atoms with van der Waals surface area (Å²) >= 11 is 0. The number of hydrogen-bond donors (Lipinski definition) is 0. The van der Waals surface area contributed by atoms with E-state index in [1.165, 1.54) is 36.8 Å². The highest BCUT2D eigenvalue weighted by molar-refractivity contribution is 5.50. The van der Waals surface area contributed by atoms with Crippen molar-refractivity contribution in [1.82, 2.24) is 0 Å². The van der Waals surface area contributed by atoms with Crippen LogP contribution in [0.5, 0.6) is 0 Å². The maximum Gasteiger partial charge on any atom is -0.0132 e. The molecule has 0 bridgehead atoms. The van der Waals surface area contributed by atoms with Gasteiger partial charge in [0.2, 0.25) is 0 Å². The highest BCUT2D eigenvalue weighted by Gasteiger charge is 2.12. The predicted octanol–water partition coefficient (Wildman–Crippen LogP) is 5.58. The molecule has 0 aliphatic carbocycles. The predicted molar refractivity (Wildman–Crippen MR) is 78.3 cm³/mol. The second-order valence-electron chi connectivity index (χ2n) is 5.77. The average molecular weight is 230 g/mol. The van der Waals surface area contributed by atoms with E-state index >= 15 is 0 Å². The minimum atomic E-state index is 0.253. The van der Waals surface area contributed by atoms with Crippen LogP contribution in [0, 0.1) is 0 Å². The molecule has 0 aliphatic rings. The Kier molecular flexibility index (Phi) is 5.47. The summed E-state index contributed by atoms with van der Waals surface area (Å²) < 4.78 is 0. The van der Waals surface area contributed by atoms with Gasteiger partial charge in [0, 0.05) is 0 Å². The van der Waals surface area contributed by atoms with Gasteiger partial charge in [-0.2, -0.15) is 0 Å². The summed E-state index contributed by atoms with van der Waals surface area (Å²) in [4.78, 5) is 0. The van der Waals surface area contributed by atoms with Gasteiger partial charge in [-0.15, -0.1) is 0 Å². The first-order valence-corrected chi connectivity index (χ1v) is 6.81. The molecular formula is C17H26. The van der Waals surface area contributed by atoms with Crippen LogP contribution in [0.4, 0.5) is 0 Å². The first-order valence-electron chi connectivity index (χ1n) is 6.81. The fourth-order valence-electron chi connectivity index (χ4n) is 1.83. The normalized spacial score (nSPS) is 12.2. The van der Waals surface area contributed by atoms with Gasteiger partial charge in [0.05, 0.1) is 0 Å². The lowest BCUT2D eigenvalue weighted by atomic mass is 9.87. The molecule has 0 heteroatoms. The summed E-state index contributed by atoms with van der Waals surface area (Å²) in [6.45, 7) is 9.00. The Morgan fingerprint density at radius 2 is 1.65 bits per heavy atom. The Labute approximate surface area is 107 Å². The Balaban J connectivity index is 2.51. The molecule has 0 amide bonds. The van der Waals surface area contributed by atoms with E-state index in [9.17, 15) is 0 Å². The number of rotatable bonds is 5. The molecule has 0 radical (unpaired) electrons. The highest BCUT2D eigenvalue weighted by Crippen LogP contribution is 2.22. The first kappa shape index (κ1) is 14.0. The van der Waals surface area contributed by atoms with E-state index in [2.05, 4.69) is 64.1 Å². The SMILES string of the molecule is CCCCC/C=C/c1ccc(C(C)(C)C)cc1. The first-order chi connectivity index (χ1) is 8.04. The molecule has 0 saturated carbocycles. The Hall–Kier alpha value is -1.04. The van der Waals surface area contributed by atoms with E-state index < -0.39 is 0 Å². The van der Waals surface area contributed by atoms with Crippen molar-refractivity contribution in [3.05, 3.63) is 41.5 Å². The van der Waals surface area contributed by atoms with Crippen LogP contribution in [0.1, 0.15) is 64.5 Å². The molecule has 0 aromatic heterocycles. The zero-order chi connectivity index (χ0) is 12.7. The van der Waals surface area contributed by atoms with E-state index in [1.54, 1.807) is 0 Å². The summed E-state index contributed by atoms with van der Waals surface area (Å²) in [7, 11) is 0. The van der Waals surface area contributed by atoms with Crippen molar-refractivity contribution < 1.29 is 0 Å². The van der Waals surface area contributed by atoms with E-state index in [1.807, 2.05) is 0 Å². The van der Waals surface area contributed by atoms with Gasteiger partial charge < -0.3 is 0 Å². The van der Waals surface area contributed by atoms with E-state index in [0.29, 0.717) is 0 Å². The maximum absolute atomic E-state index is 2.29. The molecule has 94 valence electrons. The molecule has 1 aromatic rings. The largest absolute Gasteiger partial charge is 0.0839 e. The smallest absolute Gasteiger partial charge is 0.0132 e. The van der Waals surface area contributed by atoms with Crippen molar-refractivity contribution in [3.8, 4) is 0 Å². The third kappa shape index (κ3) is 5.21. The van der Waals surface area contributed by atoms with Crippen molar-refractivity contribution in [3.63, 3.8) is 0 Å². The molecule has 0 heterocycles. The molecule has 0 unspecified atom stereocenters. The van der Waals surface area contributed by atoms with Gasteiger partial charge in [-0.05, 0) is 29.4 Å². The Bertz CT molecular complexity index is 335. The van der Waals surface area contributed by atoms with Crippen LogP contribution in [-0.2, 0) is 5.41 Å². The van der Waals surface area contributed by atoms with Crippen LogP contribution in [0.2, 0.25) is 0 Å². The summed E-state index contributed by atoms with van der Waals surface area (Å²) in [5.41, 5.74) is 2.97. The van der Waals surface area contributed by atoms with Crippen LogP contribution in [0.15, 0.2) is 30.3 Å². The number of allylic oxidation sites excluding steroid dienone is 1. The summed E-state index contributed by atoms with van der Waals surface area (Å²) in [5, 5.41) is 0. The van der Waals surface area contributed by atoms with Crippen LogP contribution >= 0.6 is 0 Å². The lowest BCUT2D eigenvalue weighted by molar-refractivity contribution is 0.590. The summed E-state index contributed by atoms with van der Waals surface area (Å²) in [5.74, 6) is 0. The van der Waals surface area contributed by atoms with Gasteiger partial charge in [0.15, 0.2) is 0 Å². The molecule has 0 atom stereocenters. The van der Waals surface area contributed by atoms with Crippen molar-refractivity contribution in [2.24, 2.45) is 0 Å². The van der Waals surface area contributed by atoms with Gasteiger partial charge >= 0.3 is 0 Å². The lowest BCUT2D eigenvalue weighted by Crippen LogP contribution is -2.10. The van der Waals surface area contributed by atoms with Crippen LogP contribution in [0.25, 0.3) is 6.08 Å². The molecule has 0 fully saturated rings. The fourth-order valence-corrected chi connectivity index (χ4v) is 1.83. The van der Waals surface area contributed by atoms with Crippen molar-refractivity contribution in [2.75, 3.05) is 0 Å². The van der Waals surface area contributed by atoms with Crippen LogP contribution in [0.3, 0.4) is 0 Å². The minimum Gasteiger partial charge on any atom is -0.0839 e. The number of benzene rings is 1. The highest BCUT2D eigenvalue weighted by atomic mass is 14.2. The molecular weight excluding hydrogens is 204 g/mol. The molecule has 1 rings (SSSR count). The third-order valence-electron chi connectivity index (χ3n) is 3.06. The second-order valence-corrected chi connectivity index (χ2v) is 5.77. The van der Waals surface area contributed by atoms with Crippen molar-refractivity contribution in [2.45, 2.75) is 58.8 Å². The number of hydrogen-bond acceptors (Lipinski definition) is 0. The van der Waals surface area contributed by atoms with E-state index in [-0.39, 0.29) is 5.41 Å². The topological polar surface area (TPSA) is 0 Å². The average Bonchev–Trinajstić information content (AvgIpc) is 2.28. The van der Waals surface area contributed by atoms with Crippen LogP contribution < -0.4 is 0 Å². The monoisotopic (exact) mass is 230 g/mol. The fraction of sp³-hybridized carbons (Fsp3) is 0.529. The molecule has 0 aliphatic heterocycles. The van der Waals surface area contributed by atoms with Gasteiger partial charge in [-0.3, -0.25) is 0 Å². The molecule has 17 heavy (non-hydrogen) atoms. The van der Waals surface area contributed by atoms with Gasteiger partial charge in [0.25, 0.3) is 0 Å². The van der Waals surface area contributed by atoms with E-state index in [4.69, 9.17) is 0 Å². The number of unbranched alkanes of at least 4 members (excludes halogenated alkanes) is 3. The van der Waals surface area contributed by atoms with Gasteiger partial charge in [-0.25, -0.2) is 0 Å². The van der Waals surface area contributed by atoms with Crippen molar-refractivity contribution in [1.29, 1.82) is 0 Å². The standard InChI is InChI=1S/C17H26/c1-5-6-7-8-9-10-15-11-13-16(14-12-15)17(2,3)4/h9-14H,5-8H2,1-4H3/b10-9+. The van der Waals surface area contributed by atoms with Gasteiger partial charge in [-0.1, -0.05) is 77.0 Å². The summed E-state index contributed by atoms with van der Waals surface area (Å²) in [6.07, 6.45) is 9.69.